The number of aliphatic hydroxyl groups is 2. The number of primary amides is 1. The summed E-state index contributed by atoms with van der Waals surface area (Å²) < 4.78 is 46.8. The van der Waals surface area contributed by atoms with Gasteiger partial charge in [-0.05, 0) is 44.7 Å². The zero-order chi connectivity index (χ0) is 32.2. The number of nitrogens with zero attached hydrogens (tertiary/aromatic N) is 2. The predicted molar refractivity (Wildman–Crippen MR) is 150 cm³/mol. The molecule has 0 bridgehead atoms. The topological polar surface area (TPSA) is 166 Å². The molecule has 1 saturated heterocycles. The van der Waals surface area contributed by atoms with E-state index in [0.717, 1.165) is 0 Å². The Morgan fingerprint density at radius 3 is 2.42 bits per heavy atom. The number of aliphatic hydroxyl groups excluding tert-OH is 2. The third kappa shape index (κ3) is 4.96. The van der Waals surface area contributed by atoms with Gasteiger partial charge >= 0.3 is 37.5 Å². The first-order chi connectivity index (χ1) is 20.6. The second kappa shape index (κ2) is 11.5. The molecule has 2 fully saturated rings. The predicted octanol–water partition coefficient (Wildman–Crippen LogP) is 2.57. The molecule has 0 spiro atoms. The molecule has 11 nitrogen and oxygen atoms in total. The average Bonchev–Trinajstić information content (AvgIpc) is 3.24. The molecular weight excluding hydrogens is 823 g/mol. The number of ether oxygens (including phenoxy) is 1. The van der Waals surface area contributed by atoms with Crippen LogP contribution in [-0.4, -0.2) is 88.2 Å². The molecule has 3 aliphatic carbocycles. The molecule has 5 aliphatic rings. The van der Waals surface area contributed by atoms with Gasteiger partial charge in [-0.1, -0.05) is 6.42 Å². The molecule has 1 aromatic rings. The van der Waals surface area contributed by atoms with E-state index in [1.807, 2.05) is 4.90 Å². The number of nitrogens with one attached hydrogen (secondary N) is 1. The zero-order valence-corrected chi connectivity index (χ0v) is 28.7. The molecule has 7 atom stereocenters. The first-order valence-corrected chi connectivity index (χ1v) is 14.3. The maximum absolute atomic E-state index is 14.0. The first-order valence-electron chi connectivity index (χ1n) is 14.3. The molecule has 2 aliphatic heterocycles. The van der Waals surface area contributed by atoms with E-state index in [4.69, 9.17) is 5.73 Å². The number of likely N-dealkylation sites (N-methyl/N-ethyl adjacent to an activating group) is 1. The van der Waals surface area contributed by atoms with Crippen LogP contribution in [0.15, 0.2) is 16.9 Å². The van der Waals surface area contributed by atoms with Gasteiger partial charge in [-0.2, -0.15) is 0 Å². The van der Waals surface area contributed by atoms with Crippen molar-refractivity contribution < 1.29 is 78.7 Å². The monoisotopic (exact) mass is 856 g/mol. The summed E-state index contributed by atoms with van der Waals surface area (Å²) in [7, 11) is 3.15. The fourth-order valence-corrected chi connectivity index (χ4v) is 8.35. The van der Waals surface area contributed by atoms with E-state index in [1.54, 1.807) is 14.1 Å². The van der Waals surface area contributed by atoms with Crippen LogP contribution in [0.25, 0.3) is 5.76 Å². The minimum Gasteiger partial charge on any atom is -0.510 e. The van der Waals surface area contributed by atoms with Crippen molar-refractivity contribution in [1.29, 1.82) is 0 Å². The van der Waals surface area contributed by atoms with Crippen molar-refractivity contribution in [2.75, 3.05) is 32.5 Å². The number of likely N-dealkylation sites (tertiary alicyclic amines) is 1. The summed E-state index contributed by atoms with van der Waals surface area (Å²) in [5.41, 5.74) is 3.94. The Morgan fingerprint density at radius 1 is 1.18 bits per heavy atom. The van der Waals surface area contributed by atoms with Gasteiger partial charge in [-0.3, -0.25) is 19.3 Å². The van der Waals surface area contributed by atoms with Crippen LogP contribution in [-0.2, 0) is 20.8 Å². The van der Waals surface area contributed by atoms with E-state index in [2.05, 4.69) is 23.9 Å². The summed E-state index contributed by atoms with van der Waals surface area (Å²) in [4.78, 5) is 42.9. The van der Waals surface area contributed by atoms with Crippen LogP contribution in [0.5, 0.6) is 11.5 Å². The number of carbonyl (C=O) groups excluding carboxylic acids is 3. The van der Waals surface area contributed by atoms with Gasteiger partial charge in [0.25, 0.3) is 5.91 Å². The standard InChI is InChI=1S/C30H33F3N4O7.U/c1-5-37-10(2)6-12-9-35-20-18(21(12)37)28(44-30(31,32)33)14-8-11-7-13-16(23(38)15(11)24(39)17(14)26(20)41)25(40)19(29(34)43)27(42)22(13)36(3)4;/h10-13,16,21-22,35,39,41-42H,1-2,5-9H2,3-4H3,(H2,34,43);/q-2;+2/t10?,11?,12?,13-,16?,21?,22+;/m1./s1. The number of phenols is 1. The second-order valence-electron chi connectivity index (χ2n) is 12.4. The second-order valence-corrected chi connectivity index (χ2v) is 12.4. The number of anilines is 1. The summed E-state index contributed by atoms with van der Waals surface area (Å²) in [6.45, 7) is 8.59. The SMILES string of the molecule is [CH2-]CN1C([CH2-])CC2CNc3c(O)c4c(c(OC(F)(F)F)c3C21)CC1C[C@@H]2C(C(=O)C(C(N)=O)=C(O)[C@H]2N(C)C)C(=O)C1=C4O.[U+2]. The van der Waals surface area contributed by atoms with Crippen LogP contribution >= 0.6 is 0 Å². The minimum atomic E-state index is -5.14. The molecule has 6 rings (SSSR count). The van der Waals surface area contributed by atoms with Crippen LogP contribution in [0.1, 0.15) is 35.6 Å². The van der Waals surface area contributed by atoms with E-state index < -0.39 is 87.8 Å². The van der Waals surface area contributed by atoms with Crippen molar-refractivity contribution in [1.82, 2.24) is 9.80 Å². The largest absolute Gasteiger partial charge is 2.00 e. The molecule has 6 N–H and O–H groups in total. The average molecular weight is 857 g/mol. The Bertz CT molecular complexity index is 1560. The van der Waals surface area contributed by atoms with E-state index in [9.17, 15) is 42.9 Å². The molecule has 2 heterocycles. The van der Waals surface area contributed by atoms with Gasteiger partial charge in [0.15, 0.2) is 17.3 Å². The molecule has 1 amide bonds. The Labute approximate surface area is 281 Å². The Balaban J connectivity index is 0.00000400. The number of ketones is 2. The first kappa shape index (κ1) is 33.6. The summed E-state index contributed by atoms with van der Waals surface area (Å²) in [5, 5.41) is 37.0. The summed E-state index contributed by atoms with van der Waals surface area (Å²) in [6, 6.07) is -1.86. The molecule has 45 heavy (non-hydrogen) atoms. The number of amides is 1. The van der Waals surface area contributed by atoms with Gasteiger partial charge in [-0.25, -0.2) is 0 Å². The van der Waals surface area contributed by atoms with Crippen molar-refractivity contribution in [2.24, 2.45) is 29.4 Å². The van der Waals surface area contributed by atoms with Gasteiger partial charge in [-0.15, -0.1) is 25.8 Å². The number of benzene rings is 1. The van der Waals surface area contributed by atoms with Crippen molar-refractivity contribution in [3.05, 3.63) is 47.4 Å². The maximum Gasteiger partial charge on any atom is 2.00 e. The molecule has 5 unspecified atom stereocenters. The number of hydrogen-bond donors (Lipinski definition) is 5. The van der Waals surface area contributed by atoms with Gasteiger partial charge in [0.1, 0.15) is 22.8 Å². The number of allylic oxidation sites excluding steroid dienone is 1. The van der Waals surface area contributed by atoms with Crippen LogP contribution in [0.3, 0.4) is 0 Å². The quantitative estimate of drug-likeness (QED) is 0.132. The molecule has 240 valence electrons. The van der Waals surface area contributed by atoms with Gasteiger partial charge in [0, 0.05) is 29.3 Å². The van der Waals surface area contributed by atoms with E-state index in [-0.39, 0.29) is 84.8 Å². The number of phenolic OH excluding ortho intramolecular Hbond substituents is 1. The van der Waals surface area contributed by atoms with Gasteiger partial charge in [0.2, 0.25) is 0 Å². The Hall–Kier alpha value is -2.73. The van der Waals surface area contributed by atoms with Gasteiger partial charge in [0.05, 0.1) is 23.2 Å². The number of alkyl halides is 3. The van der Waals surface area contributed by atoms with Crippen molar-refractivity contribution >= 4 is 28.9 Å². The summed E-state index contributed by atoms with van der Waals surface area (Å²) >= 11 is 0. The third-order valence-corrected chi connectivity index (χ3v) is 9.88. The van der Waals surface area contributed by atoms with Crippen molar-refractivity contribution in [2.45, 2.75) is 43.8 Å². The number of carbonyl (C=O) groups is 3. The fourth-order valence-electron chi connectivity index (χ4n) is 8.35. The molecule has 1 saturated carbocycles. The number of rotatable bonds is 4. The molecule has 1 aromatic carbocycles. The number of halogens is 3. The van der Waals surface area contributed by atoms with Gasteiger partial charge < -0.3 is 49.9 Å². The van der Waals surface area contributed by atoms with E-state index in [0.29, 0.717) is 13.0 Å². The number of nitrogens with two attached hydrogens (primary N) is 1. The van der Waals surface area contributed by atoms with E-state index >= 15 is 0 Å². The number of Topliss-reactive ketones (excluding diaryl/α,β-unsaturated/α-hetero) is 2. The molecule has 0 radical (unpaired) electrons. The zero-order valence-electron chi connectivity index (χ0n) is 24.6. The third-order valence-electron chi connectivity index (χ3n) is 9.88. The van der Waals surface area contributed by atoms with Crippen molar-refractivity contribution in [3.8, 4) is 11.5 Å². The summed E-state index contributed by atoms with van der Waals surface area (Å²) in [5.74, 6) is -8.96. The molecular formula is C30H33F3N4O7U. The Kier molecular flexibility index (Phi) is 8.60. The minimum absolute atomic E-state index is 0. The number of aromatic hydroxyl groups is 1. The van der Waals surface area contributed by atoms with Crippen LogP contribution in [0.4, 0.5) is 18.9 Å². The van der Waals surface area contributed by atoms with Crippen LogP contribution < -0.4 is 15.8 Å². The normalized spacial score (nSPS) is 31.0. The van der Waals surface area contributed by atoms with Crippen LogP contribution in [0.2, 0.25) is 0 Å². The Morgan fingerprint density at radius 2 is 1.84 bits per heavy atom. The van der Waals surface area contributed by atoms with Crippen molar-refractivity contribution in [3.63, 3.8) is 0 Å². The number of fused-ring (bicyclic) bond motifs is 6. The fraction of sp³-hybridized carbons (Fsp3) is 0.500. The number of hydrogen-bond acceptors (Lipinski definition) is 10. The van der Waals surface area contributed by atoms with Crippen LogP contribution in [0, 0.1) is 68.6 Å². The van der Waals surface area contributed by atoms with E-state index in [1.165, 1.54) is 4.90 Å². The maximum atomic E-state index is 14.0. The smallest absolute Gasteiger partial charge is 0.510 e. The molecule has 15 heteroatoms. The summed E-state index contributed by atoms with van der Waals surface area (Å²) in [6.07, 6.45) is -4.83. The molecule has 0 aromatic heterocycles.